The van der Waals surface area contributed by atoms with Gasteiger partial charge in [-0.1, -0.05) is 0 Å². The first-order chi connectivity index (χ1) is 7.91. The van der Waals surface area contributed by atoms with Gasteiger partial charge in [-0.15, -0.1) is 0 Å². The Hall–Kier alpha value is 0.919. The second-order valence-electron chi connectivity index (χ2n) is 1.99. The Morgan fingerprint density at radius 3 is 0.895 bits per heavy atom. The smallest absolute Gasteiger partial charge is 0.485 e. The van der Waals surface area contributed by atoms with Gasteiger partial charge in [0.05, 0.1) is 0 Å². The van der Waals surface area contributed by atoms with Gasteiger partial charge in [-0.05, 0) is 0 Å². The molecule has 0 spiro atoms. The largest absolute Gasteiger partial charge is 0.741 e. The van der Waals surface area contributed by atoms with Crippen molar-refractivity contribution in [3.05, 3.63) is 0 Å². The van der Waals surface area contributed by atoms with Crippen LogP contribution in [0.4, 0.5) is 26.3 Å². The molecule has 0 unspecified atom stereocenters. The van der Waals surface area contributed by atoms with E-state index in [0.717, 1.165) is 1.18 Å². The van der Waals surface area contributed by atoms with Crippen molar-refractivity contribution in [3.63, 3.8) is 0 Å². The zero-order chi connectivity index (χ0) is 16.7. The van der Waals surface area contributed by atoms with Gasteiger partial charge in [0.15, 0.2) is 20.2 Å². The molecule has 0 aliphatic rings. The molecule has 19 heavy (non-hydrogen) atoms. The molecule has 15 heteroatoms. The SMILES string of the molecule is C[CH2][Yb+2].O=S(=O)([O-])C(F)(F)F.O=S(=O)([O-])C(F)(F)F. The predicted molar refractivity (Wildman–Crippen MR) is 42.0 cm³/mol. The van der Waals surface area contributed by atoms with E-state index in [0.29, 0.717) is 0 Å². The first-order valence-corrected chi connectivity index (χ1v) is 7.47. The van der Waals surface area contributed by atoms with Gasteiger partial charge in [0.25, 0.3) is 0 Å². The molecule has 0 aromatic carbocycles. The number of alkyl halides is 6. The molecule has 0 N–H and O–H groups in total. The van der Waals surface area contributed by atoms with Crippen LogP contribution in [-0.4, -0.2) is 37.0 Å². The van der Waals surface area contributed by atoms with Crippen LogP contribution in [0.2, 0.25) is 1.18 Å². The zero-order valence-corrected chi connectivity index (χ0v) is 11.9. The number of rotatable bonds is 0. The normalized spacial score (nSPS) is 12.8. The number of hydrogen-bond donors (Lipinski definition) is 0. The van der Waals surface area contributed by atoms with E-state index in [1.807, 2.05) is 0 Å². The van der Waals surface area contributed by atoms with Gasteiger partial charge < -0.3 is 9.11 Å². The van der Waals surface area contributed by atoms with Gasteiger partial charge in [-0.3, -0.25) is 0 Å². The van der Waals surface area contributed by atoms with E-state index in [9.17, 15) is 26.3 Å². The summed E-state index contributed by atoms with van der Waals surface area (Å²) in [4.78, 5) is 0. The molecular formula is C4H5F6O6S2Yb. The van der Waals surface area contributed by atoms with Crippen molar-refractivity contribution in [3.8, 4) is 0 Å². The number of hydrogen-bond acceptors (Lipinski definition) is 6. The van der Waals surface area contributed by atoms with Crippen LogP contribution in [0.3, 0.4) is 0 Å². The fourth-order valence-electron chi connectivity index (χ4n) is 0. The minimum Gasteiger partial charge on any atom is -0.741 e. The molecule has 0 heterocycles. The Kier molecular flexibility index (Phi) is 11.9. The average Bonchev–Trinajstić information content (AvgIpc) is 1.97. The average molecular weight is 500 g/mol. The third-order valence-electron chi connectivity index (χ3n) is 0.567. The van der Waals surface area contributed by atoms with Crippen molar-refractivity contribution < 1.29 is 96.9 Å². The van der Waals surface area contributed by atoms with E-state index in [4.69, 9.17) is 25.9 Å². The van der Waals surface area contributed by atoms with Crippen molar-refractivity contribution in [1.82, 2.24) is 0 Å². The molecule has 6 nitrogen and oxygen atoms in total. The van der Waals surface area contributed by atoms with E-state index in [2.05, 4.69) is 51.6 Å². The maximum absolute atomic E-state index is 10.7. The van der Waals surface area contributed by atoms with Gasteiger partial charge in [0.2, 0.25) is 0 Å². The van der Waals surface area contributed by atoms with Crippen molar-refractivity contribution in [1.29, 1.82) is 0 Å². The third kappa shape index (κ3) is 15.1. The second-order valence-corrected chi connectivity index (χ2v) is 5.94. The summed E-state index contributed by atoms with van der Waals surface area (Å²) < 4.78 is 119. The standard InChI is InChI=1S/C2H5.2CHF3O3S.Yb/c1-2;2*2-1(3,4)8(5,6)7;/h1H2,2H3;2*(H,5,6,7);/q;;;+2/p-2. The molecule has 0 aromatic rings. The zero-order valence-electron chi connectivity index (χ0n) is 8.51. The van der Waals surface area contributed by atoms with Crippen LogP contribution >= 0.6 is 0 Å². The van der Waals surface area contributed by atoms with Crippen LogP contribution in [0.1, 0.15) is 6.92 Å². The van der Waals surface area contributed by atoms with E-state index in [-0.39, 0.29) is 0 Å². The van der Waals surface area contributed by atoms with Gasteiger partial charge >= 0.3 is 63.8 Å². The maximum Gasteiger partial charge on any atom is 0.485 e. The molecule has 0 aromatic heterocycles. The molecule has 0 fully saturated rings. The van der Waals surface area contributed by atoms with Gasteiger partial charge in [-0.25, -0.2) is 16.8 Å². The van der Waals surface area contributed by atoms with Crippen LogP contribution in [0.25, 0.3) is 0 Å². The monoisotopic (exact) mass is 501 g/mol. The Morgan fingerprint density at radius 2 is 0.895 bits per heavy atom. The molecule has 0 radical (unpaired) electrons. The van der Waals surface area contributed by atoms with Crippen LogP contribution in [0, 0.1) is 44.6 Å². The summed E-state index contributed by atoms with van der Waals surface area (Å²) in [5, 5.41) is 0. The Balaban J connectivity index is -0.000000224. The number of halogens is 6. The minimum absolute atomic E-state index is 1.11. The van der Waals surface area contributed by atoms with Crippen molar-refractivity contribution in [2.24, 2.45) is 0 Å². The third-order valence-corrected chi connectivity index (χ3v) is 1.70. The summed E-state index contributed by atoms with van der Waals surface area (Å²) in [5.41, 5.74) is -11.3. The first-order valence-electron chi connectivity index (χ1n) is 3.44. The molecule has 0 amide bonds. The van der Waals surface area contributed by atoms with E-state index in [1.165, 1.54) is 0 Å². The molecule has 0 saturated heterocycles. The molecule has 0 rings (SSSR count). The molecule has 0 saturated carbocycles. The molecular weight excluding hydrogens is 495 g/mol. The molecule has 0 aliphatic heterocycles. The quantitative estimate of drug-likeness (QED) is 0.280. The van der Waals surface area contributed by atoms with E-state index < -0.39 is 31.3 Å². The predicted octanol–water partition coefficient (Wildman–Crippen LogP) is 1.08. The Morgan fingerprint density at radius 1 is 0.842 bits per heavy atom. The Bertz CT molecular complexity index is 393. The van der Waals surface area contributed by atoms with E-state index in [1.54, 1.807) is 0 Å². The fraction of sp³-hybridized carbons (Fsp3) is 1.00. The topological polar surface area (TPSA) is 114 Å². The van der Waals surface area contributed by atoms with Crippen LogP contribution < -0.4 is 0 Å². The molecule has 0 bridgehead atoms. The molecule has 125 valence electrons. The van der Waals surface area contributed by atoms with Crippen LogP contribution in [-0.2, 0) is 20.2 Å². The minimum atomic E-state index is -6.09. The van der Waals surface area contributed by atoms with Gasteiger partial charge in [0.1, 0.15) is 0 Å². The molecule has 0 atom stereocenters. The summed E-state index contributed by atoms with van der Waals surface area (Å²) in [6.07, 6.45) is 0. The van der Waals surface area contributed by atoms with Crippen molar-refractivity contribution >= 4 is 20.2 Å². The van der Waals surface area contributed by atoms with Gasteiger partial charge in [-0.2, -0.15) is 26.3 Å². The second kappa shape index (κ2) is 9.04. The fourth-order valence-corrected chi connectivity index (χ4v) is 0. The summed E-state index contributed by atoms with van der Waals surface area (Å²) in [5.74, 6) is 0. The molecule has 0 aliphatic carbocycles. The summed E-state index contributed by atoms with van der Waals surface area (Å²) in [6.45, 7) is 2.06. The van der Waals surface area contributed by atoms with Gasteiger partial charge in [0, 0.05) is 0 Å². The van der Waals surface area contributed by atoms with E-state index >= 15 is 0 Å². The Labute approximate surface area is 135 Å². The summed E-state index contributed by atoms with van der Waals surface area (Å²) in [6, 6.07) is 0. The summed E-state index contributed by atoms with van der Waals surface area (Å²) >= 11 is 2.88. The van der Waals surface area contributed by atoms with Crippen LogP contribution in [0.15, 0.2) is 0 Å². The van der Waals surface area contributed by atoms with Crippen molar-refractivity contribution in [2.75, 3.05) is 0 Å². The van der Waals surface area contributed by atoms with Crippen LogP contribution in [0.5, 0.6) is 0 Å². The van der Waals surface area contributed by atoms with Crippen molar-refractivity contribution in [2.45, 2.75) is 19.1 Å². The summed E-state index contributed by atoms with van der Waals surface area (Å²) in [7, 11) is -12.2. The first kappa shape index (κ1) is 24.9. The maximum atomic E-state index is 10.7.